The molecule has 0 spiro atoms. The molecule has 1 heteroatoms. The molecule has 0 amide bonds. The Morgan fingerprint density at radius 1 is 0.179 bits per heavy atom. The molecule has 442 valence electrons. The lowest BCUT2D eigenvalue weighted by Gasteiger charge is -2.34. The molecule has 0 atom stereocenters. The molecule has 0 bridgehead atoms. The highest BCUT2D eigenvalue weighted by Crippen LogP contribution is 2.59. The van der Waals surface area contributed by atoms with E-state index in [4.69, 9.17) is 0 Å². The van der Waals surface area contributed by atoms with Crippen molar-refractivity contribution in [1.82, 2.24) is 4.57 Å². The maximum atomic E-state index is 2.49. The van der Waals surface area contributed by atoms with E-state index in [-0.39, 0.29) is 0 Å². The summed E-state index contributed by atoms with van der Waals surface area (Å²) in [7, 11) is 0. The average molecular weight is 1200 g/mol. The minimum atomic E-state index is -0.516. The van der Waals surface area contributed by atoms with Crippen LogP contribution in [0.3, 0.4) is 0 Å². The number of hydrogen-bond acceptors (Lipinski definition) is 0. The summed E-state index contributed by atoms with van der Waals surface area (Å²) < 4.78 is 2.48. The van der Waals surface area contributed by atoms with E-state index >= 15 is 0 Å². The van der Waals surface area contributed by atoms with Crippen LogP contribution in [0.15, 0.2) is 370 Å². The van der Waals surface area contributed by atoms with E-state index in [1.165, 1.54) is 149 Å². The van der Waals surface area contributed by atoms with Crippen molar-refractivity contribution in [2.45, 2.75) is 10.8 Å². The number of benzene rings is 16. The first-order valence-electron chi connectivity index (χ1n) is 33.1. The van der Waals surface area contributed by atoms with Crippen molar-refractivity contribution in [2.75, 3.05) is 0 Å². The van der Waals surface area contributed by atoms with Crippen molar-refractivity contribution in [1.29, 1.82) is 0 Å². The van der Waals surface area contributed by atoms with Crippen LogP contribution < -0.4 is 0 Å². The molecule has 2 aliphatic rings. The van der Waals surface area contributed by atoms with Gasteiger partial charge in [-0.05, 0) is 199 Å². The summed E-state index contributed by atoms with van der Waals surface area (Å²) in [5, 5.41) is 7.38. The van der Waals surface area contributed by atoms with Crippen molar-refractivity contribution in [3.63, 3.8) is 0 Å². The monoisotopic (exact) mass is 1200 g/mol. The van der Waals surface area contributed by atoms with Gasteiger partial charge in [0.1, 0.15) is 0 Å². The third kappa shape index (κ3) is 8.23. The maximum absolute atomic E-state index is 2.49. The third-order valence-electron chi connectivity index (χ3n) is 21.0. The van der Waals surface area contributed by atoms with Gasteiger partial charge in [0.25, 0.3) is 0 Å². The Labute approximate surface area is 553 Å². The molecule has 0 radical (unpaired) electrons. The normalized spacial score (nSPS) is 13.2. The van der Waals surface area contributed by atoms with Crippen molar-refractivity contribution >= 4 is 43.4 Å². The molecule has 95 heavy (non-hydrogen) atoms. The van der Waals surface area contributed by atoms with Gasteiger partial charge in [-0.1, -0.05) is 315 Å². The van der Waals surface area contributed by atoms with E-state index in [1.807, 2.05) is 0 Å². The Kier molecular flexibility index (Phi) is 12.5. The molecule has 0 fully saturated rings. The van der Waals surface area contributed by atoms with Crippen LogP contribution in [-0.4, -0.2) is 4.57 Å². The van der Waals surface area contributed by atoms with Crippen molar-refractivity contribution in [3.05, 3.63) is 415 Å². The van der Waals surface area contributed by atoms with Gasteiger partial charge in [0, 0.05) is 16.5 Å². The van der Waals surface area contributed by atoms with Crippen LogP contribution in [0.5, 0.6) is 0 Å². The van der Waals surface area contributed by atoms with Gasteiger partial charge in [-0.25, -0.2) is 0 Å². The Balaban J connectivity index is 0.799. The lowest BCUT2D eigenvalue weighted by atomic mass is 9.67. The Morgan fingerprint density at radius 3 is 0.926 bits per heavy atom. The second-order valence-corrected chi connectivity index (χ2v) is 25.7. The van der Waals surface area contributed by atoms with E-state index in [1.54, 1.807) is 0 Å². The van der Waals surface area contributed by atoms with Gasteiger partial charge in [0.15, 0.2) is 0 Å². The number of rotatable bonds is 10. The first kappa shape index (κ1) is 54.6. The van der Waals surface area contributed by atoms with Crippen LogP contribution >= 0.6 is 0 Å². The molecule has 1 heterocycles. The first-order chi connectivity index (χ1) is 47.1. The molecular formula is C94H61N. The summed E-state index contributed by atoms with van der Waals surface area (Å²) in [4.78, 5) is 0. The molecule has 0 saturated carbocycles. The Bertz CT molecular complexity index is 5530. The fourth-order valence-corrected chi connectivity index (χ4v) is 16.9. The van der Waals surface area contributed by atoms with E-state index in [0.29, 0.717) is 0 Å². The number of nitrogens with zero attached hydrogens (tertiary/aromatic N) is 1. The van der Waals surface area contributed by atoms with Gasteiger partial charge in [-0.3, -0.25) is 0 Å². The first-order valence-corrected chi connectivity index (χ1v) is 33.1. The summed E-state index contributed by atoms with van der Waals surface area (Å²) in [5.74, 6) is 0. The van der Waals surface area contributed by atoms with E-state index in [9.17, 15) is 0 Å². The highest BCUT2D eigenvalue weighted by Gasteiger charge is 2.47. The topological polar surface area (TPSA) is 4.93 Å². The second kappa shape index (κ2) is 21.7. The molecule has 0 aliphatic heterocycles. The van der Waals surface area contributed by atoms with Crippen LogP contribution in [0.4, 0.5) is 0 Å². The van der Waals surface area contributed by atoms with Crippen LogP contribution in [0, 0.1) is 0 Å². The Hall–Kier alpha value is -12.2. The second-order valence-electron chi connectivity index (χ2n) is 25.7. The molecule has 1 aromatic heterocycles. The predicted octanol–water partition coefficient (Wildman–Crippen LogP) is 24.2. The molecule has 17 aromatic rings. The largest absolute Gasteiger partial charge is 0.309 e. The summed E-state index contributed by atoms with van der Waals surface area (Å²) in [6.45, 7) is 0. The molecule has 0 unspecified atom stereocenters. The molecule has 1 nitrogen and oxygen atoms in total. The van der Waals surface area contributed by atoms with Gasteiger partial charge < -0.3 is 4.57 Å². The summed E-state index contributed by atoms with van der Waals surface area (Å²) in [5.41, 5.74) is 29.7. The van der Waals surface area contributed by atoms with Gasteiger partial charge >= 0.3 is 0 Å². The zero-order valence-electron chi connectivity index (χ0n) is 52.2. The lowest BCUT2D eigenvalue weighted by Crippen LogP contribution is -2.28. The van der Waals surface area contributed by atoms with Crippen LogP contribution in [-0.2, 0) is 10.8 Å². The predicted molar refractivity (Wildman–Crippen MR) is 398 cm³/mol. The standard InChI is InChI=1S/C94H61N/c1-7-25-63(26-8-1)91-79-39-19-20-40-80(79)92(64-27-9-2-10-28-64)84-59-65(47-54-81(84)91)62-43-50-74(51-44-62)95-89-55-48-66(68-45-52-77-75-37-21-23-41-85(75)93(87(77)60-68,70-29-11-3-12-30-70)71-31-13-4-14-32-71)57-82(89)83-58-67(49-56-90(83)95)69-46-53-78-76-38-22-24-42-86(76)94(88(78)61-69,72-33-15-5-16-34-72)73-35-17-6-18-36-73/h1-61H. The Morgan fingerprint density at radius 2 is 0.484 bits per heavy atom. The zero-order valence-corrected chi connectivity index (χ0v) is 52.2. The van der Waals surface area contributed by atoms with Gasteiger partial charge in [0.05, 0.1) is 21.9 Å². The van der Waals surface area contributed by atoms with Gasteiger partial charge in [-0.2, -0.15) is 0 Å². The summed E-state index contributed by atoms with van der Waals surface area (Å²) in [6.07, 6.45) is 0. The fraction of sp³-hybridized carbons (Fsp3) is 0.0213. The van der Waals surface area contributed by atoms with E-state index < -0.39 is 10.8 Å². The lowest BCUT2D eigenvalue weighted by molar-refractivity contribution is 0.769. The van der Waals surface area contributed by atoms with Crippen molar-refractivity contribution < 1.29 is 0 Å². The highest BCUT2D eigenvalue weighted by atomic mass is 15.0. The van der Waals surface area contributed by atoms with E-state index in [2.05, 4.69) is 375 Å². The quantitative estimate of drug-likeness (QED) is 0.120. The average Bonchev–Trinajstić information content (AvgIpc) is 1.58. The van der Waals surface area contributed by atoms with Crippen molar-refractivity contribution in [2.24, 2.45) is 0 Å². The zero-order chi connectivity index (χ0) is 62.6. The summed E-state index contributed by atoms with van der Waals surface area (Å²) >= 11 is 0. The van der Waals surface area contributed by atoms with Gasteiger partial charge in [0.2, 0.25) is 0 Å². The number of hydrogen-bond donors (Lipinski definition) is 0. The van der Waals surface area contributed by atoms with Crippen LogP contribution in [0.2, 0.25) is 0 Å². The fourth-order valence-electron chi connectivity index (χ4n) is 16.9. The molecule has 0 saturated heterocycles. The number of aromatic nitrogens is 1. The minimum Gasteiger partial charge on any atom is -0.309 e. The minimum absolute atomic E-state index is 0.516. The summed E-state index contributed by atoms with van der Waals surface area (Å²) in [6, 6.07) is 139. The molecule has 16 aromatic carbocycles. The maximum Gasteiger partial charge on any atom is 0.0713 e. The highest BCUT2D eigenvalue weighted by molar-refractivity contribution is 6.22. The molecule has 2 aliphatic carbocycles. The van der Waals surface area contributed by atoms with Crippen LogP contribution in [0.1, 0.15) is 44.5 Å². The molecule has 0 N–H and O–H groups in total. The SMILES string of the molecule is c1ccc(-c2c3ccccc3c(-c3ccccc3)c3cc(-c4ccc(-n5c6ccc(-c7ccc8c(c7)C(c7ccccc7)(c7ccccc7)c7ccccc7-8)cc6c6cc(-c7ccc8c(c7)C(c7ccccc7)(c7ccccc7)c7ccccc7-8)ccc65)cc4)ccc23)cc1. The smallest absolute Gasteiger partial charge is 0.0713 e. The molecular weight excluding hydrogens is 1140 g/mol. The molecule has 19 rings (SSSR count). The number of fused-ring (bicyclic) bond motifs is 11. The van der Waals surface area contributed by atoms with Gasteiger partial charge in [-0.15, -0.1) is 0 Å². The van der Waals surface area contributed by atoms with Crippen molar-refractivity contribution in [3.8, 4) is 83.6 Å². The van der Waals surface area contributed by atoms with E-state index in [0.717, 1.165) is 22.3 Å². The van der Waals surface area contributed by atoms with Crippen LogP contribution in [0.25, 0.3) is 127 Å². The third-order valence-corrected chi connectivity index (χ3v) is 21.0.